The van der Waals surface area contributed by atoms with E-state index in [2.05, 4.69) is 55.1 Å². The van der Waals surface area contributed by atoms with Crippen molar-refractivity contribution in [3.05, 3.63) is 44.5 Å². The van der Waals surface area contributed by atoms with E-state index in [-0.39, 0.29) is 0 Å². The summed E-state index contributed by atoms with van der Waals surface area (Å²) in [6, 6.07) is 4.39. The lowest BCUT2D eigenvalue weighted by Gasteiger charge is -2.19. The van der Waals surface area contributed by atoms with Crippen molar-refractivity contribution >= 4 is 44.7 Å². The van der Waals surface area contributed by atoms with Crippen molar-refractivity contribution in [1.29, 1.82) is 0 Å². The van der Waals surface area contributed by atoms with Crippen molar-refractivity contribution in [3.8, 4) is 0 Å². The lowest BCUT2D eigenvalue weighted by Crippen LogP contribution is -2.09. The maximum absolute atomic E-state index is 6.23. The molecule has 0 aliphatic heterocycles. The van der Waals surface area contributed by atoms with Gasteiger partial charge in [0.25, 0.3) is 0 Å². The SMILES string of the molecule is Cc1cc(C)c(Nc2nc(Cl)nc3sc4c(c23)CCC(C)C4)c(C)c1. The molecule has 5 heteroatoms. The second kappa shape index (κ2) is 6.26. The zero-order valence-corrected chi connectivity index (χ0v) is 16.6. The highest BCUT2D eigenvalue weighted by atomic mass is 35.5. The van der Waals surface area contributed by atoms with Crippen molar-refractivity contribution < 1.29 is 0 Å². The molecule has 0 spiro atoms. The number of hydrogen-bond acceptors (Lipinski definition) is 4. The molecule has 1 N–H and O–H groups in total. The molecule has 0 amide bonds. The van der Waals surface area contributed by atoms with Crippen LogP contribution < -0.4 is 5.32 Å². The van der Waals surface area contributed by atoms with E-state index in [0.29, 0.717) is 5.28 Å². The highest BCUT2D eigenvalue weighted by Crippen LogP contribution is 2.41. The maximum Gasteiger partial charge on any atom is 0.225 e. The van der Waals surface area contributed by atoms with Crippen molar-refractivity contribution in [2.45, 2.75) is 47.0 Å². The standard InChI is InChI=1S/C20H22ClN3S/c1-10-5-6-14-15(9-10)25-19-16(14)18(23-20(21)24-19)22-17-12(3)7-11(2)8-13(17)4/h7-8,10H,5-6,9H2,1-4H3,(H,22,23,24). The molecule has 25 heavy (non-hydrogen) atoms. The van der Waals surface area contributed by atoms with E-state index < -0.39 is 0 Å². The molecule has 1 aromatic carbocycles. The van der Waals surface area contributed by atoms with E-state index >= 15 is 0 Å². The third-order valence-electron chi connectivity index (χ3n) is 5.05. The highest BCUT2D eigenvalue weighted by molar-refractivity contribution is 7.19. The quantitative estimate of drug-likeness (QED) is 0.550. The molecule has 1 aliphatic carbocycles. The number of aromatic nitrogens is 2. The Hall–Kier alpha value is -1.65. The molecule has 0 radical (unpaired) electrons. The topological polar surface area (TPSA) is 37.8 Å². The molecule has 2 aromatic heterocycles. The molecule has 0 saturated heterocycles. The molecule has 2 heterocycles. The normalized spacial score (nSPS) is 16.9. The molecule has 4 rings (SSSR count). The second-order valence-corrected chi connectivity index (χ2v) is 8.69. The smallest absolute Gasteiger partial charge is 0.225 e. The molecule has 1 unspecified atom stereocenters. The third kappa shape index (κ3) is 3.02. The first-order chi connectivity index (χ1) is 11.9. The van der Waals surface area contributed by atoms with Gasteiger partial charge >= 0.3 is 0 Å². The van der Waals surface area contributed by atoms with E-state index in [1.165, 1.54) is 33.6 Å². The molecular weight excluding hydrogens is 350 g/mol. The highest BCUT2D eigenvalue weighted by Gasteiger charge is 2.24. The first kappa shape index (κ1) is 16.8. The summed E-state index contributed by atoms with van der Waals surface area (Å²) >= 11 is 8.01. The predicted octanol–water partition coefficient (Wildman–Crippen LogP) is 6.14. The summed E-state index contributed by atoms with van der Waals surface area (Å²) in [5.74, 6) is 1.58. The van der Waals surface area contributed by atoms with Gasteiger partial charge in [0.2, 0.25) is 5.28 Å². The maximum atomic E-state index is 6.23. The van der Waals surface area contributed by atoms with E-state index in [0.717, 1.165) is 40.5 Å². The summed E-state index contributed by atoms with van der Waals surface area (Å²) in [6.07, 6.45) is 3.46. The molecule has 0 saturated carbocycles. The minimum atomic E-state index is 0.309. The number of nitrogens with zero attached hydrogens (tertiary/aromatic N) is 2. The monoisotopic (exact) mass is 371 g/mol. The average molecular weight is 372 g/mol. The van der Waals surface area contributed by atoms with E-state index in [4.69, 9.17) is 11.6 Å². The van der Waals surface area contributed by atoms with Crippen LogP contribution in [0.5, 0.6) is 0 Å². The minimum absolute atomic E-state index is 0.309. The average Bonchev–Trinajstić information content (AvgIpc) is 2.87. The van der Waals surface area contributed by atoms with Crippen LogP contribution in [0.1, 0.15) is 40.5 Å². The number of fused-ring (bicyclic) bond motifs is 3. The van der Waals surface area contributed by atoms with Crippen LogP contribution in [0.4, 0.5) is 11.5 Å². The largest absolute Gasteiger partial charge is 0.339 e. The molecule has 3 aromatic rings. The van der Waals surface area contributed by atoms with Crippen LogP contribution in [0, 0.1) is 26.7 Å². The summed E-state index contributed by atoms with van der Waals surface area (Å²) in [5.41, 5.74) is 6.25. The van der Waals surface area contributed by atoms with Gasteiger partial charge in [-0.15, -0.1) is 11.3 Å². The van der Waals surface area contributed by atoms with E-state index in [1.54, 1.807) is 11.3 Å². The van der Waals surface area contributed by atoms with Crippen molar-refractivity contribution in [1.82, 2.24) is 9.97 Å². The van der Waals surface area contributed by atoms with Gasteiger partial charge in [0.1, 0.15) is 10.6 Å². The first-order valence-corrected chi connectivity index (χ1v) is 9.94. The lowest BCUT2D eigenvalue weighted by atomic mass is 9.89. The Morgan fingerprint density at radius 1 is 1.16 bits per heavy atom. The molecule has 1 aliphatic rings. The second-order valence-electron chi connectivity index (χ2n) is 7.27. The van der Waals surface area contributed by atoms with Crippen molar-refractivity contribution in [2.75, 3.05) is 5.32 Å². The first-order valence-electron chi connectivity index (χ1n) is 8.75. The Bertz CT molecular complexity index is 954. The van der Waals surface area contributed by atoms with Crippen LogP contribution in [0.3, 0.4) is 0 Å². The predicted molar refractivity (Wildman–Crippen MR) is 108 cm³/mol. The number of rotatable bonds is 2. The van der Waals surface area contributed by atoms with Gasteiger partial charge in [-0.1, -0.05) is 24.6 Å². The van der Waals surface area contributed by atoms with Crippen LogP contribution in [0.25, 0.3) is 10.2 Å². The summed E-state index contributed by atoms with van der Waals surface area (Å²) < 4.78 is 0. The van der Waals surface area contributed by atoms with Crippen molar-refractivity contribution in [3.63, 3.8) is 0 Å². The fraction of sp³-hybridized carbons (Fsp3) is 0.400. The third-order valence-corrected chi connectivity index (χ3v) is 6.37. The van der Waals surface area contributed by atoms with Crippen LogP contribution in [-0.4, -0.2) is 9.97 Å². The zero-order chi connectivity index (χ0) is 17.7. The van der Waals surface area contributed by atoms with Crippen molar-refractivity contribution in [2.24, 2.45) is 5.92 Å². The molecular formula is C20H22ClN3S. The summed E-state index contributed by atoms with van der Waals surface area (Å²) in [6.45, 7) is 8.71. The summed E-state index contributed by atoms with van der Waals surface area (Å²) in [5, 5.41) is 5.04. The van der Waals surface area contributed by atoms with Gasteiger partial charge in [0.15, 0.2) is 0 Å². The molecule has 130 valence electrons. The number of anilines is 2. The Balaban J connectivity index is 1.88. The number of nitrogens with one attached hydrogen (secondary N) is 1. The van der Waals surface area contributed by atoms with E-state index in [9.17, 15) is 0 Å². The number of thiophene rings is 1. The van der Waals surface area contributed by atoms with Crippen LogP contribution >= 0.6 is 22.9 Å². The van der Waals surface area contributed by atoms with Crippen LogP contribution in [-0.2, 0) is 12.8 Å². The van der Waals surface area contributed by atoms with Gasteiger partial charge in [-0.2, -0.15) is 4.98 Å². The van der Waals surface area contributed by atoms with Gasteiger partial charge < -0.3 is 5.32 Å². The van der Waals surface area contributed by atoms with Crippen LogP contribution in [0.15, 0.2) is 12.1 Å². The molecule has 1 atom stereocenters. The fourth-order valence-electron chi connectivity index (χ4n) is 3.90. The summed E-state index contributed by atoms with van der Waals surface area (Å²) in [7, 11) is 0. The van der Waals surface area contributed by atoms with E-state index in [1.807, 2.05) is 0 Å². The summed E-state index contributed by atoms with van der Waals surface area (Å²) in [4.78, 5) is 11.5. The fourth-order valence-corrected chi connectivity index (χ4v) is 5.50. The Kier molecular flexibility index (Phi) is 4.20. The molecule has 0 fully saturated rings. The minimum Gasteiger partial charge on any atom is -0.339 e. The van der Waals surface area contributed by atoms with Gasteiger partial charge in [0.05, 0.1) is 5.39 Å². The Morgan fingerprint density at radius 3 is 2.60 bits per heavy atom. The number of aryl methyl sites for hydroxylation is 4. The Morgan fingerprint density at radius 2 is 1.88 bits per heavy atom. The Labute approximate surface area is 157 Å². The number of benzene rings is 1. The zero-order valence-electron chi connectivity index (χ0n) is 15.0. The molecule has 0 bridgehead atoms. The number of hydrogen-bond donors (Lipinski definition) is 1. The number of halogens is 1. The lowest BCUT2D eigenvalue weighted by molar-refractivity contribution is 0.509. The van der Waals surface area contributed by atoms with Crippen LogP contribution in [0.2, 0.25) is 5.28 Å². The van der Waals surface area contributed by atoms with Gasteiger partial charge in [-0.05, 0) is 74.2 Å². The van der Waals surface area contributed by atoms with Gasteiger partial charge in [-0.25, -0.2) is 4.98 Å². The molecule has 3 nitrogen and oxygen atoms in total. The van der Waals surface area contributed by atoms with Gasteiger partial charge in [0, 0.05) is 10.6 Å². The van der Waals surface area contributed by atoms with Gasteiger partial charge in [-0.3, -0.25) is 0 Å².